The molecule has 0 saturated carbocycles. The number of hydrogen-bond acceptors (Lipinski definition) is 4. The zero-order chi connectivity index (χ0) is 12.0. The zero-order valence-electron chi connectivity index (χ0n) is 10.2. The molecule has 1 aromatic rings. The van der Waals surface area contributed by atoms with Crippen molar-refractivity contribution in [2.45, 2.75) is 27.2 Å². The van der Waals surface area contributed by atoms with E-state index in [2.05, 4.69) is 21.9 Å². The molecule has 0 aliphatic heterocycles. The largest absolute Gasteiger partial charge is 0.477 e. The molecule has 0 aromatic carbocycles. The topological polar surface area (TPSA) is 47.0 Å². The number of aromatic nitrogens is 2. The van der Waals surface area contributed by atoms with E-state index in [0.29, 0.717) is 12.5 Å². The van der Waals surface area contributed by atoms with E-state index in [9.17, 15) is 0 Å². The number of rotatable bonds is 6. The minimum atomic E-state index is 0.610. The third-order valence-corrected chi connectivity index (χ3v) is 2.15. The van der Waals surface area contributed by atoms with E-state index in [1.54, 1.807) is 0 Å². The quantitative estimate of drug-likeness (QED) is 0.750. The summed E-state index contributed by atoms with van der Waals surface area (Å²) < 4.78 is 5.58. The van der Waals surface area contributed by atoms with Crippen molar-refractivity contribution in [1.29, 1.82) is 0 Å². The standard InChI is InChI=1S/C12H19N3O/c1-5-13-11-10(4)12(15-8-14-11)16-7-6-9(2)3/h8H,2,5-7H2,1,3-4H3,(H,13,14,15). The molecule has 4 heteroatoms. The van der Waals surface area contributed by atoms with Crippen LogP contribution in [0.3, 0.4) is 0 Å². The van der Waals surface area contributed by atoms with Crippen molar-refractivity contribution in [3.8, 4) is 5.88 Å². The number of ether oxygens (including phenoxy) is 1. The van der Waals surface area contributed by atoms with Crippen LogP contribution in [-0.2, 0) is 0 Å². The summed E-state index contributed by atoms with van der Waals surface area (Å²) >= 11 is 0. The molecule has 1 heterocycles. The van der Waals surface area contributed by atoms with Gasteiger partial charge in [0.15, 0.2) is 0 Å². The highest BCUT2D eigenvalue weighted by Crippen LogP contribution is 2.20. The van der Waals surface area contributed by atoms with Crippen molar-refractivity contribution >= 4 is 5.82 Å². The molecule has 0 aliphatic carbocycles. The second-order valence-corrected chi connectivity index (χ2v) is 3.74. The van der Waals surface area contributed by atoms with Crippen LogP contribution < -0.4 is 10.1 Å². The van der Waals surface area contributed by atoms with Crippen molar-refractivity contribution in [2.75, 3.05) is 18.5 Å². The van der Waals surface area contributed by atoms with Crippen molar-refractivity contribution in [3.63, 3.8) is 0 Å². The molecule has 0 atom stereocenters. The minimum Gasteiger partial charge on any atom is -0.477 e. The number of nitrogens with one attached hydrogen (secondary N) is 1. The Kier molecular flexibility index (Phi) is 4.76. The molecule has 0 radical (unpaired) electrons. The van der Waals surface area contributed by atoms with Gasteiger partial charge in [-0.3, -0.25) is 0 Å². The highest BCUT2D eigenvalue weighted by molar-refractivity contribution is 5.47. The van der Waals surface area contributed by atoms with E-state index < -0.39 is 0 Å². The Morgan fingerprint density at radius 3 is 2.88 bits per heavy atom. The Bertz CT molecular complexity index is 363. The van der Waals surface area contributed by atoms with Crippen LogP contribution in [0, 0.1) is 6.92 Å². The van der Waals surface area contributed by atoms with Gasteiger partial charge in [0.1, 0.15) is 12.1 Å². The number of hydrogen-bond donors (Lipinski definition) is 1. The second-order valence-electron chi connectivity index (χ2n) is 3.74. The first kappa shape index (κ1) is 12.5. The maximum absolute atomic E-state index is 5.58. The van der Waals surface area contributed by atoms with Crippen LogP contribution in [0.5, 0.6) is 5.88 Å². The van der Waals surface area contributed by atoms with Gasteiger partial charge >= 0.3 is 0 Å². The predicted molar refractivity (Wildman–Crippen MR) is 65.9 cm³/mol. The lowest BCUT2D eigenvalue weighted by atomic mass is 10.2. The van der Waals surface area contributed by atoms with E-state index in [-0.39, 0.29) is 0 Å². The molecule has 0 spiro atoms. The van der Waals surface area contributed by atoms with Gasteiger partial charge in [-0.2, -0.15) is 0 Å². The Labute approximate surface area is 96.8 Å². The lowest BCUT2D eigenvalue weighted by Gasteiger charge is -2.11. The monoisotopic (exact) mass is 221 g/mol. The van der Waals surface area contributed by atoms with E-state index >= 15 is 0 Å². The van der Waals surface area contributed by atoms with Gasteiger partial charge in [-0.25, -0.2) is 9.97 Å². The van der Waals surface area contributed by atoms with Crippen LogP contribution in [0.4, 0.5) is 5.82 Å². The predicted octanol–water partition coefficient (Wildman–Crippen LogP) is 2.56. The van der Waals surface area contributed by atoms with Crippen LogP contribution >= 0.6 is 0 Å². The lowest BCUT2D eigenvalue weighted by Crippen LogP contribution is -2.06. The van der Waals surface area contributed by atoms with Crippen molar-refractivity contribution in [2.24, 2.45) is 0 Å². The average molecular weight is 221 g/mol. The van der Waals surface area contributed by atoms with Gasteiger partial charge in [0.2, 0.25) is 5.88 Å². The third kappa shape index (κ3) is 3.53. The second kappa shape index (κ2) is 6.10. The summed E-state index contributed by atoms with van der Waals surface area (Å²) in [7, 11) is 0. The molecule has 0 fully saturated rings. The van der Waals surface area contributed by atoms with E-state index in [0.717, 1.165) is 29.9 Å². The molecule has 0 aliphatic rings. The molecular weight excluding hydrogens is 202 g/mol. The lowest BCUT2D eigenvalue weighted by molar-refractivity contribution is 0.306. The van der Waals surface area contributed by atoms with Crippen LogP contribution in [0.2, 0.25) is 0 Å². The maximum atomic E-state index is 5.58. The Hall–Kier alpha value is -1.58. The van der Waals surface area contributed by atoms with Crippen molar-refractivity contribution in [1.82, 2.24) is 9.97 Å². The summed E-state index contributed by atoms with van der Waals surface area (Å²) in [6.07, 6.45) is 2.36. The van der Waals surface area contributed by atoms with Gasteiger partial charge in [0, 0.05) is 13.0 Å². The minimum absolute atomic E-state index is 0.610. The molecule has 88 valence electrons. The highest BCUT2D eigenvalue weighted by atomic mass is 16.5. The molecule has 0 amide bonds. The van der Waals surface area contributed by atoms with Gasteiger partial charge in [0.05, 0.1) is 12.2 Å². The molecular formula is C12H19N3O. The van der Waals surface area contributed by atoms with Crippen molar-refractivity contribution in [3.05, 3.63) is 24.0 Å². The van der Waals surface area contributed by atoms with Crippen LogP contribution in [0.15, 0.2) is 18.5 Å². The third-order valence-electron chi connectivity index (χ3n) is 2.15. The van der Waals surface area contributed by atoms with Crippen molar-refractivity contribution < 1.29 is 4.74 Å². The van der Waals surface area contributed by atoms with Gasteiger partial charge in [-0.05, 0) is 20.8 Å². The number of anilines is 1. The van der Waals surface area contributed by atoms with Crippen LogP contribution in [0.25, 0.3) is 0 Å². The number of nitrogens with zero attached hydrogens (tertiary/aromatic N) is 2. The highest BCUT2D eigenvalue weighted by Gasteiger charge is 2.06. The molecule has 4 nitrogen and oxygen atoms in total. The SMILES string of the molecule is C=C(C)CCOc1ncnc(NCC)c1C. The first-order chi connectivity index (χ1) is 7.65. The zero-order valence-corrected chi connectivity index (χ0v) is 10.2. The van der Waals surface area contributed by atoms with E-state index in [1.165, 1.54) is 6.33 Å². The first-order valence-corrected chi connectivity index (χ1v) is 5.47. The maximum Gasteiger partial charge on any atom is 0.221 e. The fourth-order valence-electron chi connectivity index (χ4n) is 1.25. The van der Waals surface area contributed by atoms with E-state index in [4.69, 9.17) is 4.74 Å². The molecule has 16 heavy (non-hydrogen) atoms. The smallest absolute Gasteiger partial charge is 0.221 e. The van der Waals surface area contributed by atoms with Gasteiger partial charge in [-0.15, -0.1) is 6.58 Å². The van der Waals surface area contributed by atoms with E-state index in [1.807, 2.05) is 20.8 Å². The van der Waals surface area contributed by atoms with Gasteiger partial charge in [0.25, 0.3) is 0 Å². The van der Waals surface area contributed by atoms with Gasteiger partial charge in [-0.1, -0.05) is 5.57 Å². The normalized spacial score (nSPS) is 9.94. The molecule has 1 N–H and O–H groups in total. The Balaban J connectivity index is 2.65. The fraction of sp³-hybridized carbons (Fsp3) is 0.500. The summed E-state index contributed by atoms with van der Waals surface area (Å²) in [5, 5.41) is 3.17. The Morgan fingerprint density at radius 2 is 2.25 bits per heavy atom. The Morgan fingerprint density at radius 1 is 1.50 bits per heavy atom. The van der Waals surface area contributed by atoms with Crippen LogP contribution in [-0.4, -0.2) is 23.1 Å². The average Bonchev–Trinajstić information content (AvgIpc) is 2.23. The molecule has 1 aromatic heterocycles. The summed E-state index contributed by atoms with van der Waals surface area (Å²) in [4.78, 5) is 8.27. The summed E-state index contributed by atoms with van der Waals surface area (Å²) in [6, 6.07) is 0. The molecule has 0 bridgehead atoms. The summed E-state index contributed by atoms with van der Waals surface area (Å²) in [5.41, 5.74) is 2.06. The van der Waals surface area contributed by atoms with Gasteiger partial charge < -0.3 is 10.1 Å². The fourth-order valence-corrected chi connectivity index (χ4v) is 1.25. The molecule has 1 rings (SSSR count). The molecule has 0 unspecified atom stereocenters. The molecule has 0 saturated heterocycles. The summed E-state index contributed by atoms with van der Waals surface area (Å²) in [6.45, 7) is 11.2. The summed E-state index contributed by atoms with van der Waals surface area (Å²) in [5.74, 6) is 1.48. The first-order valence-electron chi connectivity index (χ1n) is 5.47. The van der Waals surface area contributed by atoms with Crippen LogP contribution in [0.1, 0.15) is 25.8 Å².